The Labute approximate surface area is 217 Å². The monoisotopic (exact) mass is 519 g/mol. The molecule has 3 aromatic rings. The number of nitrogens with zero attached hydrogens (tertiary/aromatic N) is 2. The number of amides is 2. The highest BCUT2D eigenvalue weighted by Gasteiger charge is 2.34. The molecule has 10 nitrogen and oxygen atoms in total. The number of rotatable bonds is 8. The van der Waals surface area contributed by atoms with Crippen LogP contribution in [0.2, 0.25) is 0 Å². The van der Waals surface area contributed by atoms with Crippen molar-refractivity contribution >= 4 is 46.6 Å². The van der Waals surface area contributed by atoms with Crippen molar-refractivity contribution in [1.82, 2.24) is 5.32 Å². The number of carbonyl (C=O) groups is 2. The fourth-order valence-corrected chi connectivity index (χ4v) is 3.84. The van der Waals surface area contributed by atoms with E-state index in [9.17, 15) is 19.7 Å². The normalized spacial score (nSPS) is 14.4. The van der Waals surface area contributed by atoms with Crippen molar-refractivity contribution < 1.29 is 28.7 Å². The van der Waals surface area contributed by atoms with E-state index >= 15 is 0 Å². The molecule has 1 aliphatic heterocycles. The fraction of sp³-hybridized carbons (Fsp3) is 0.115. The van der Waals surface area contributed by atoms with Crippen LogP contribution in [0.5, 0.6) is 17.2 Å². The van der Waals surface area contributed by atoms with Gasteiger partial charge in [-0.3, -0.25) is 29.9 Å². The Balaban J connectivity index is 1.55. The van der Waals surface area contributed by atoms with Gasteiger partial charge in [-0.1, -0.05) is 6.07 Å². The van der Waals surface area contributed by atoms with Crippen LogP contribution in [0.4, 0.5) is 11.4 Å². The van der Waals surface area contributed by atoms with Gasteiger partial charge in [-0.25, -0.2) is 0 Å². The van der Waals surface area contributed by atoms with Gasteiger partial charge in [0.1, 0.15) is 17.9 Å². The molecule has 1 aliphatic rings. The van der Waals surface area contributed by atoms with E-state index in [-0.39, 0.29) is 23.0 Å². The number of methoxy groups -OCH3 is 2. The smallest absolute Gasteiger partial charge is 0.270 e. The summed E-state index contributed by atoms with van der Waals surface area (Å²) >= 11 is 5.23. The first kappa shape index (κ1) is 25.3. The van der Waals surface area contributed by atoms with Gasteiger partial charge in [0.05, 0.1) is 24.8 Å². The summed E-state index contributed by atoms with van der Waals surface area (Å²) in [5.74, 6) is 0.224. The van der Waals surface area contributed by atoms with Crippen LogP contribution >= 0.6 is 12.2 Å². The number of nitro groups is 1. The van der Waals surface area contributed by atoms with Gasteiger partial charge < -0.3 is 14.2 Å². The quantitative estimate of drug-likeness (QED) is 0.156. The number of non-ortho nitro benzene ring substituents is 1. The lowest BCUT2D eigenvalue weighted by Crippen LogP contribution is -2.54. The summed E-state index contributed by atoms with van der Waals surface area (Å²) in [4.78, 5) is 37.4. The van der Waals surface area contributed by atoms with Gasteiger partial charge in [0.15, 0.2) is 16.6 Å². The van der Waals surface area contributed by atoms with Crippen LogP contribution < -0.4 is 24.4 Å². The molecule has 0 radical (unpaired) electrons. The molecular weight excluding hydrogens is 498 g/mol. The Kier molecular flexibility index (Phi) is 7.44. The molecule has 1 N–H and O–H groups in total. The molecule has 1 fully saturated rings. The van der Waals surface area contributed by atoms with Crippen LogP contribution in [0.3, 0.4) is 0 Å². The summed E-state index contributed by atoms with van der Waals surface area (Å²) in [7, 11) is 3.00. The summed E-state index contributed by atoms with van der Waals surface area (Å²) in [6, 6.07) is 17.7. The predicted octanol–water partition coefficient (Wildman–Crippen LogP) is 4.02. The van der Waals surface area contributed by atoms with E-state index in [1.807, 2.05) is 0 Å². The molecule has 0 aromatic heterocycles. The SMILES string of the molecule is COc1ccc(N2C(=O)C(=Cc3ccc(OCc4ccc([N+](=O)[O-])cc4)c(OC)c3)C(=O)NC2=S)cc1. The number of anilines is 1. The van der Waals surface area contributed by atoms with Crippen molar-refractivity contribution in [3.63, 3.8) is 0 Å². The first-order chi connectivity index (χ1) is 17.8. The molecule has 0 spiro atoms. The van der Waals surface area contributed by atoms with Crippen LogP contribution in [0.25, 0.3) is 6.08 Å². The van der Waals surface area contributed by atoms with Crippen LogP contribution in [-0.2, 0) is 16.2 Å². The predicted molar refractivity (Wildman–Crippen MR) is 140 cm³/mol. The summed E-state index contributed by atoms with van der Waals surface area (Å²) in [5.41, 5.74) is 1.63. The summed E-state index contributed by atoms with van der Waals surface area (Å²) in [5, 5.41) is 13.3. The van der Waals surface area contributed by atoms with E-state index in [4.69, 9.17) is 26.4 Å². The number of thiocarbonyl (C=S) groups is 1. The Morgan fingerprint density at radius 2 is 1.68 bits per heavy atom. The average Bonchev–Trinajstić information content (AvgIpc) is 2.90. The third kappa shape index (κ3) is 5.57. The van der Waals surface area contributed by atoms with Crippen LogP contribution in [-0.4, -0.2) is 36.1 Å². The van der Waals surface area contributed by atoms with E-state index < -0.39 is 16.7 Å². The molecular formula is C26H21N3O7S. The maximum Gasteiger partial charge on any atom is 0.270 e. The molecule has 37 heavy (non-hydrogen) atoms. The minimum absolute atomic E-state index is 0.00802. The van der Waals surface area contributed by atoms with Crippen molar-refractivity contribution in [1.29, 1.82) is 0 Å². The number of ether oxygens (including phenoxy) is 3. The minimum Gasteiger partial charge on any atom is -0.497 e. The minimum atomic E-state index is -0.614. The second-order valence-corrected chi connectivity index (χ2v) is 8.17. The van der Waals surface area contributed by atoms with Gasteiger partial charge in [-0.2, -0.15) is 0 Å². The molecule has 4 rings (SSSR count). The molecule has 0 aliphatic carbocycles. The topological polar surface area (TPSA) is 120 Å². The highest BCUT2D eigenvalue weighted by Crippen LogP contribution is 2.31. The van der Waals surface area contributed by atoms with Crippen molar-refractivity contribution in [2.24, 2.45) is 0 Å². The van der Waals surface area contributed by atoms with Gasteiger partial charge >= 0.3 is 0 Å². The Hall–Kier alpha value is -4.77. The molecule has 11 heteroatoms. The zero-order valence-electron chi connectivity index (χ0n) is 19.8. The molecule has 0 atom stereocenters. The molecule has 1 heterocycles. The standard InChI is InChI=1S/C26H21N3O7S/c1-34-20-10-8-18(9-11-20)28-25(31)21(24(30)27-26(28)37)13-17-5-12-22(23(14-17)35-2)36-15-16-3-6-19(7-4-16)29(32)33/h3-14H,15H2,1-2H3,(H,27,30,37). The van der Waals surface area contributed by atoms with E-state index in [1.165, 1.54) is 37.3 Å². The summed E-state index contributed by atoms with van der Waals surface area (Å²) < 4.78 is 16.4. The van der Waals surface area contributed by atoms with Crippen molar-refractivity contribution in [3.05, 3.63) is 93.5 Å². The second kappa shape index (κ2) is 10.9. The number of benzene rings is 3. The largest absolute Gasteiger partial charge is 0.497 e. The summed E-state index contributed by atoms with van der Waals surface area (Å²) in [6.07, 6.45) is 1.44. The molecule has 0 unspecified atom stereocenters. The highest BCUT2D eigenvalue weighted by atomic mass is 32.1. The third-order valence-corrected chi connectivity index (χ3v) is 5.76. The van der Waals surface area contributed by atoms with Crippen LogP contribution in [0, 0.1) is 10.1 Å². The lowest BCUT2D eigenvalue weighted by atomic mass is 10.1. The maximum atomic E-state index is 13.2. The molecule has 3 aromatic carbocycles. The lowest BCUT2D eigenvalue weighted by molar-refractivity contribution is -0.384. The number of nitro benzene ring substituents is 1. The number of hydrogen-bond donors (Lipinski definition) is 1. The second-order valence-electron chi connectivity index (χ2n) is 7.78. The van der Waals surface area contributed by atoms with E-state index in [2.05, 4.69) is 5.32 Å². The first-order valence-electron chi connectivity index (χ1n) is 10.9. The zero-order chi connectivity index (χ0) is 26.5. The molecule has 1 saturated heterocycles. The van der Waals surface area contributed by atoms with Crippen molar-refractivity contribution in [2.45, 2.75) is 6.61 Å². The van der Waals surface area contributed by atoms with Gasteiger partial charge in [-0.15, -0.1) is 0 Å². The number of hydrogen-bond acceptors (Lipinski definition) is 8. The summed E-state index contributed by atoms with van der Waals surface area (Å²) in [6.45, 7) is 0.157. The molecule has 0 bridgehead atoms. The van der Waals surface area contributed by atoms with Gasteiger partial charge in [0.2, 0.25) is 0 Å². The number of nitrogens with one attached hydrogen (secondary N) is 1. The van der Waals surface area contributed by atoms with Crippen LogP contribution in [0.15, 0.2) is 72.3 Å². The van der Waals surface area contributed by atoms with Crippen molar-refractivity contribution in [2.75, 3.05) is 19.1 Å². The zero-order valence-corrected chi connectivity index (χ0v) is 20.6. The van der Waals surface area contributed by atoms with Gasteiger partial charge in [0.25, 0.3) is 17.5 Å². The van der Waals surface area contributed by atoms with Crippen LogP contribution in [0.1, 0.15) is 11.1 Å². The van der Waals surface area contributed by atoms with Gasteiger partial charge in [0, 0.05) is 12.1 Å². The molecule has 0 saturated carbocycles. The Morgan fingerprint density at radius 3 is 2.30 bits per heavy atom. The average molecular weight is 520 g/mol. The lowest BCUT2D eigenvalue weighted by Gasteiger charge is -2.29. The Morgan fingerprint density at radius 1 is 0.973 bits per heavy atom. The van der Waals surface area contributed by atoms with E-state index in [0.717, 1.165) is 5.56 Å². The number of carbonyl (C=O) groups excluding carboxylic acids is 2. The van der Waals surface area contributed by atoms with E-state index in [0.29, 0.717) is 28.5 Å². The molecule has 2 amide bonds. The maximum absolute atomic E-state index is 13.2. The highest BCUT2D eigenvalue weighted by molar-refractivity contribution is 7.80. The van der Waals surface area contributed by atoms with Gasteiger partial charge in [-0.05, 0) is 78.0 Å². The van der Waals surface area contributed by atoms with E-state index in [1.54, 1.807) is 54.6 Å². The molecule has 188 valence electrons. The Bertz CT molecular complexity index is 1400. The fourth-order valence-electron chi connectivity index (χ4n) is 3.56. The first-order valence-corrected chi connectivity index (χ1v) is 11.3. The van der Waals surface area contributed by atoms with Crippen molar-refractivity contribution in [3.8, 4) is 17.2 Å². The third-order valence-electron chi connectivity index (χ3n) is 5.47.